The minimum atomic E-state index is -0.619. The molecule has 0 bridgehead atoms. The first kappa shape index (κ1) is 19.8. The zero-order chi connectivity index (χ0) is 20.6. The zero-order valence-corrected chi connectivity index (χ0v) is 15.7. The number of carbonyl (C=O) groups is 2. The highest BCUT2D eigenvalue weighted by molar-refractivity contribution is 6.07. The van der Waals surface area contributed by atoms with Crippen molar-refractivity contribution in [1.82, 2.24) is 14.8 Å². The van der Waals surface area contributed by atoms with Crippen molar-refractivity contribution in [3.63, 3.8) is 0 Å². The van der Waals surface area contributed by atoms with Gasteiger partial charge in [0.2, 0.25) is 0 Å². The molecule has 0 radical (unpaired) electrons. The fraction of sp³-hybridized carbons (Fsp3) is 0.158. The number of anilines is 3. The number of pyridine rings is 1. The van der Waals surface area contributed by atoms with E-state index in [1.165, 1.54) is 18.0 Å². The lowest BCUT2D eigenvalue weighted by molar-refractivity contribution is 0.102. The number of hydrogen-bond donors (Lipinski definition) is 3. The first-order chi connectivity index (χ1) is 14.1. The maximum absolute atomic E-state index is 12.6. The summed E-state index contributed by atoms with van der Waals surface area (Å²) in [5, 5.41) is 9.42. The minimum absolute atomic E-state index is 0.137. The van der Waals surface area contributed by atoms with E-state index < -0.39 is 12.0 Å². The van der Waals surface area contributed by atoms with Crippen molar-refractivity contribution in [1.29, 1.82) is 0 Å². The second kappa shape index (κ2) is 9.33. The number of rotatable bonds is 7. The summed E-state index contributed by atoms with van der Waals surface area (Å²) in [5.74, 6) is 0.226. The molecule has 0 spiro atoms. The molecule has 0 unspecified atom stereocenters. The Morgan fingerprint density at radius 2 is 1.90 bits per heavy atom. The fourth-order valence-corrected chi connectivity index (χ4v) is 2.44. The quantitative estimate of drug-likeness (QED) is 0.522. The van der Waals surface area contributed by atoms with Crippen LogP contribution in [0.5, 0.6) is 0 Å². The third-order valence-corrected chi connectivity index (χ3v) is 3.80. The van der Waals surface area contributed by atoms with Gasteiger partial charge >= 0.3 is 6.09 Å². The van der Waals surface area contributed by atoms with Crippen molar-refractivity contribution in [3.05, 3.63) is 60.4 Å². The lowest BCUT2D eigenvalue weighted by atomic mass is 10.2. The van der Waals surface area contributed by atoms with Gasteiger partial charge in [-0.1, -0.05) is 12.1 Å². The van der Waals surface area contributed by atoms with Gasteiger partial charge in [0.15, 0.2) is 5.82 Å². The van der Waals surface area contributed by atoms with E-state index in [0.29, 0.717) is 23.8 Å². The number of nitrogen functional groups attached to an aromatic ring is 1. The monoisotopic (exact) mass is 396 g/mol. The molecule has 4 N–H and O–H groups in total. The normalized spacial score (nSPS) is 10.4. The molecule has 0 aliphatic carbocycles. The topological polar surface area (TPSA) is 133 Å². The molecular weight excluding hydrogens is 376 g/mol. The highest BCUT2D eigenvalue weighted by Gasteiger charge is 2.17. The summed E-state index contributed by atoms with van der Waals surface area (Å²) in [4.78, 5) is 28.5. The van der Waals surface area contributed by atoms with E-state index in [1.54, 1.807) is 48.7 Å². The lowest BCUT2D eigenvalue weighted by Gasteiger charge is -2.09. The van der Waals surface area contributed by atoms with Gasteiger partial charge in [-0.25, -0.2) is 9.78 Å². The van der Waals surface area contributed by atoms with E-state index in [9.17, 15) is 9.59 Å². The summed E-state index contributed by atoms with van der Waals surface area (Å²) in [6, 6.07) is 11.9. The van der Waals surface area contributed by atoms with Gasteiger partial charge in [-0.05, 0) is 30.3 Å². The predicted molar refractivity (Wildman–Crippen MR) is 107 cm³/mol. The number of carbonyl (C=O) groups excluding carboxylic acids is 2. The van der Waals surface area contributed by atoms with Gasteiger partial charge in [0, 0.05) is 24.7 Å². The zero-order valence-electron chi connectivity index (χ0n) is 15.7. The maximum atomic E-state index is 12.6. The number of nitrogens with one attached hydrogen (secondary N) is 2. The highest BCUT2D eigenvalue weighted by atomic mass is 16.6. The van der Waals surface area contributed by atoms with E-state index in [4.69, 9.17) is 15.2 Å². The first-order valence-corrected chi connectivity index (χ1v) is 8.67. The van der Waals surface area contributed by atoms with Crippen LogP contribution in [0.1, 0.15) is 10.4 Å². The molecule has 3 rings (SSSR count). The molecule has 0 fully saturated rings. The van der Waals surface area contributed by atoms with Crippen molar-refractivity contribution < 1.29 is 19.1 Å². The summed E-state index contributed by atoms with van der Waals surface area (Å²) >= 11 is 0. The Kier molecular flexibility index (Phi) is 6.38. The molecule has 29 heavy (non-hydrogen) atoms. The molecule has 0 saturated carbocycles. The Hall–Kier alpha value is -3.92. The van der Waals surface area contributed by atoms with Gasteiger partial charge in [0.05, 0.1) is 12.8 Å². The van der Waals surface area contributed by atoms with Crippen LogP contribution in [0.15, 0.2) is 54.9 Å². The summed E-state index contributed by atoms with van der Waals surface area (Å²) in [6.07, 6.45) is 2.36. The Morgan fingerprint density at radius 1 is 1.10 bits per heavy atom. The number of methoxy groups -OCH3 is 1. The van der Waals surface area contributed by atoms with Crippen LogP contribution in [-0.2, 0) is 9.47 Å². The van der Waals surface area contributed by atoms with Crippen molar-refractivity contribution in [2.45, 2.75) is 0 Å². The molecule has 10 heteroatoms. The minimum Gasteiger partial charge on any atom is -0.447 e. The molecule has 0 aliphatic heterocycles. The van der Waals surface area contributed by atoms with E-state index in [1.807, 2.05) is 0 Å². The smallest absolute Gasteiger partial charge is 0.411 e. The Morgan fingerprint density at radius 3 is 2.62 bits per heavy atom. The van der Waals surface area contributed by atoms with Crippen molar-refractivity contribution in [2.24, 2.45) is 0 Å². The van der Waals surface area contributed by atoms with Crippen molar-refractivity contribution in [3.8, 4) is 5.82 Å². The standard InChI is InChI=1S/C19H20N6O4/c1-28-9-10-29-19(27)24-14-6-4-5-13(11-14)23-18(26)15-12-22-25(17(15)20)16-7-2-3-8-21-16/h2-8,11-12H,9-10,20H2,1H3,(H,23,26)(H,24,27). The van der Waals surface area contributed by atoms with Crippen molar-refractivity contribution >= 4 is 29.2 Å². The second-order valence-corrected chi connectivity index (χ2v) is 5.83. The number of ether oxygens (including phenoxy) is 2. The van der Waals surface area contributed by atoms with E-state index in [-0.39, 0.29) is 18.0 Å². The van der Waals surface area contributed by atoms with Gasteiger partial charge < -0.3 is 20.5 Å². The molecular formula is C19H20N6O4. The van der Waals surface area contributed by atoms with Crippen LogP contribution in [0.3, 0.4) is 0 Å². The summed E-state index contributed by atoms with van der Waals surface area (Å²) < 4.78 is 11.1. The molecule has 0 atom stereocenters. The van der Waals surface area contributed by atoms with Gasteiger partial charge in [-0.2, -0.15) is 9.78 Å². The van der Waals surface area contributed by atoms with E-state index >= 15 is 0 Å². The Labute approximate surface area is 166 Å². The summed E-state index contributed by atoms with van der Waals surface area (Å²) in [6.45, 7) is 0.440. The summed E-state index contributed by atoms with van der Waals surface area (Å²) in [7, 11) is 1.51. The molecule has 150 valence electrons. The van der Waals surface area contributed by atoms with E-state index in [0.717, 1.165) is 0 Å². The molecule has 2 heterocycles. The molecule has 1 aromatic carbocycles. The van der Waals surface area contributed by atoms with Gasteiger partial charge in [-0.3, -0.25) is 10.1 Å². The second-order valence-electron chi connectivity index (χ2n) is 5.83. The molecule has 10 nitrogen and oxygen atoms in total. The van der Waals surface area contributed by atoms with E-state index in [2.05, 4.69) is 20.7 Å². The number of amides is 2. The van der Waals surface area contributed by atoms with Crippen LogP contribution in [-0.4, -0.2) is 47.1 Å². The number of nitrogens with zero attached hydrogens (tertiary/aromatic N) is 3. The van der Waals surface area contributed by atoms with Crippen LogP contribution < -0.4 is 16.4 Å². The summed E-state index contributed by atoms with van der Waals surface area (Å²) in [5.41, 5.74) is 7.19. The fourth-order valence-electron chi connectivity index (χ4n) is 2.44. The third kappa shape index (κ3) is 5.08. The highest BCUT2D eigenvalue weighted by Crippen LogP contribution is 2.19. The molecule has 3 aromatic rings. The van der Waals surface area contributed by atoms with Crippen LogP contribution in [0.4, 0.5) is 22.0 Å². The SMILES string of the molecule is COCCOC(=O)Nc1cccc(NC(=O)c2cnn(-c3ccccn3)c2N)c1. The molecule has 0 aliphatic rings. The number of hydrogen-bond acceptors (Lipinski definition) is 7. The van der Waals surface area contributed by atoms with Crippen molar-refractivity contribution in [2.75, 3.05) is 36.7 Å². The van der Waals surface area contributed by atoms with Crippen LogP contribution in [0, 0.1) is 0 Å². The maximum Gasteiger partial charge on any atom is 0.411 e. The van der Waals surface area contributed by atoms with Crippen LogP contribution >= 0.6 is 0 Å². The largest absolute Gasteiger partial charge is 0.447 e. The Balaban J connectivity index is 1.67. The average Bonchev–Trinajstić information content (AvgIpc) is 3.10. The van der Waals surface area contributed by atoms with Gasteiger partial charge in [0.25, 0.3) is 5.91 Å². The number of benzene rings is 1. The average molecular weight is 396 g/mol. The third-order valence-electron chi connectivity index (χ3n) is 3.80. The van der Waals surface area contributed by atoms with Gasteiger partial charge in [0.1, 0.15) is 18.0 Å². The Bertz CT molecular complexity index is 989. The predicted octanol–water partition coefficient (Wildman–Crippen LogP) is 2.30. The molecule has 2 aromatic heterocycles. The lowest BCUT2D eigenvalue weighted by Crippen LogP contribution is -2.17. The number of aromatic nitrogens is 3. The first-order valence-electron chi connectivity index (χ1n) is 8.67. The number of nitrogens with two attached hydrogens (primary N) is 1. The van der Waals surface area contributed by atoms with Gasteiger partial charge in [-0.15, -0.1) is 0 Å². The molecule has 2 amide bonds. The van der Waals surface area contributed by atoms with Crippen LogP contribution in [0.25, 0.3) is 5.82 Å². The van der Waals surface area contributed by atoms with Crippen LogP contribution in [0.2, 0.25) is 0 Å². The molecule has 0 saturated heterocycles.